The van der Waals surface area contributed by atoms with Gasteiger partial charge in [-0.2, -0.15) is 0 Å². The molecule has 1 aliphatic carbocycles. The Morgan fingerprint density at radius 2 is 2.06 bits per heavy atom. The van der Waals surface area contributed by atoms with Crippen LogP contribution in [0.5, 0.6) is 10.9 Å². The Balaban J connectivity index is 1.57. The molecular formula is C20H20ClN5O4S. The quantitative estimate of drug-likeness (QED) is 0.535. The summed E-state index contributed by atoms with van der Waals surface area (Å²) in [5.74, 6) is 0.0749. The number of aliphatic hydroxyl groups excluding tert-OH is 1. The number of hydrogen-bond acceptors (Lipinski definition) is 9. The van der Waals surface area contributed by atoms with Crippen molar-refractivity contribution in [3.8, 4) is 22.1 Å². The third kappa shape index (κ3) is 4.92. The minimum Gasteiger partial charge on any atom is -0.494 e. The summed E-state index contributed by atoms with van der Waals surface area (Å²) in [5, 5.41) is 21.2. The molecule has 2 N–H and O–H groups in total. The average molecular weight is 462 g/mol. The Morgan fingerprint density at radius 1 is 1.23 bits per heavy atom. The molecule has 3 aromatic rings. The molecule has 11 heteroatoms. The van der Waals surface area contributed by atoms with Crippen molar-refractivity contribution < 1.29 is 19.4 Å². The molecule has 2 unspecified atom stereocenters. The maximum atomic E-state index is 13.0. The van der Waals surface area contributed by atoms with E-state index in [1.807, 2.05) is 6.92 Å². The number of nitrogens with zero attached hydrogens (tertiary/aromatic N) is 4. The molecule has 162 valence electrons. The van der Waals surface area contributed by atoms with Crippen LogP contribution in [0.25, 0.3) is 11.1 Å². The molecule has 1 amide bonds. The number of methoxy groups -OCH3 is 1. The first kappa shape index (κ1) is 21.4. The number of amides is 1. The lowest BCUT2D eigenvalue weighted by molar-refractivity contribution is 0.102. The number of carbonyl (C=O) groups excluding carboxylic acids is 1. The smallest absolute Gasteiger partial charge is 0.296 e. The van der Waals surface area contributed by atoms with E-state index in [9.17, 15) is 9.90 Å². The van der Waals surface area contributed by atoms with Crippen molar-refractivity contribution in [2.24, 2.45) is 0 Å². The van der Waals surface area contributed by atoms with Crippen LogP contribution in [0.3, 0.4) is 0 Å². The monoisotopic (exact) mass is 461 g/mol. The summed E-state index contributed by atoms with van der Waals surface area (Å²) in [6.45, 7) is 1.83. The van der Waals surface area contributed by atoms with Crippen molar-refractivity contribution in [1.82, 2.24) is 20.2 Å². The molecule has 3 heterocycles. The topological polar surface area (TPSA) is 119 Å². The van der Waals surface area contributed by atoms with Crippen LogP contribution in [-0.4, -0.2) is 50.5 Å². The number of aromatic nitrogens is 4. The third-order valence-corrected chi connectivity index (χ3v) is 5.82. The van der Waals surface area contributed by atoms with Gasteiger partial charge in [-0.05, 0) is 43.2 Å². The van der Waals surface area contributed by atoms with Crippen LogP contribution in [0.2, 0.25) is 5.15 Å². The van der Waals surface area contributed by atoms with E-state index in [1.54, 1.807) is 12.1 Å². The maximum absolute atomic E-state index is 13.0. The van der Waals surface area contributed by atoms with E-state index in [4.69, 9.17) is 21.1 Å². The number of nitrogens with one attached hydrogen (secondary N) is 1. The second kappa shape index (κ2) is 9.13. The van der Waals surface area contributed by atoms with Gasteiger partial charge in [0.15, 0.2) is 0 Å². The van der Waals surface area contributed by atoms with Gasteiger partial charge in [-0.15, -0.1) is 5.10 Å². The summed E-state index contributed by atoms with van der Waals surface area (Å²) in [5.41, 5.74) is 2.28. The summed E-state index contributed by atoms with van der Waals surface area (Å²) >= 11 is 7.20. The van der Waals surface area contributed by atoms with Gasteiger partial charge in [0.2, 0.25) is 5.13 Å². The molecule has 2 atom stereocenters. The number of pyridine rings is 2. The lowest BCUT2D eigenvalue weighted by Gasteiger charge is -2.13. The normalized spacial score (nSPS) is 18.1. The number of hydrogen-bond donors (Lipinski definition) is 2. The van der Waals surface area contributed by atoms with E-state index in [0.717, 1.165) is 23.5 Å². The molecule has 3 aromatic heterocycles. The van der Waals surface area contributed by atoms with Crippen molar-refractivity contribution in [2.75, 3.05) is 12.4 Å². The fourth-order valence-electron chi connectivity index (χ4n) is 3.39. The van der Waals surface area contributed by atoms with E-state index < -0.39 is 5.91 Å². The van der Waals surface area contributed by atoms with Crippen LogP contribution in [0.15, 0.2) is 24.5 Å². The standard InChI is InChI=1S/C20H20ClN5O4S/c1-10-5-13(14-7-17(21)23-9-16(14)29-2)15(8-22-10)18(28)24-19-25-26-20(31-19)30-12-4-3-11(27)6-12/h5,7-9,11-12,27H,3-4,6H2,1-2H3,(H,24,25,28). The number of aryl methyl sites for hydroxylation is 1. The number of aliphatic hydroxyl groups is 1. The first-order valence-corrected chi connectivity index (χ1v) is 10.8. The predicted molar refractivity (Wildman–Crippen MR) is 116 cm³/mol. The van der Waals surface area contributed by atoms with Crippen LogP contribution in [-0.2, 0) is 0 Å². The summed E-state index contributed by atoms with van der Waals surface area (Å²) in [4.78, 5) is 21.3. The molecule has 0 radical (unpaired) electrons. The van der Waals surface area contributed by atoms with Crippen LogP contribution >= 0.6 is 22.9 Å². The van der Waals surface area contributed by atoms with Crippen molar-refractivity contribution >= 4 is 34.0 Å². The van der Waals surface area contributed by atoms with Gasteiger partial charge >= 0.3 is 0 Å². The van der Waals surface area contributed by atoms with Crippen molar-refractivity contribution in [2.45, 2.75) is 38.4 Å². The number of anilines is 1. The van der Waals surface area contributed by atoms with E-state index >= 15 is 0 Å². The number of rotatable bonds is 6. The molecule has 0 aliphatic heterocycles. The van der Waals surface area contributed by atoms with E-state index in [-0.39, 0.29) is 17.4 Å². The Morgan fingerprint density at radius 3 is 2.81 bits per heavy atom. The fourth-order valence-corrected chi connectivity index (χ4v) is 4.21. The van der Waals surface area contributed by atoms with E-state index in [0.29, 0.717) is 45.6 Å². The Bertz CT molecular complexity index is 1110. The highest BCUT2D eigenvalue weighted by Gasteiger charge is 2.26. The van der Waals surface area contributed by atoms with Gasteiger partial charge < -0.3 is 14.6 Å². The van der Waals surface area contributed by atoms with Crippen LogP contribution < -0.4 is 14.8 Å². The van der Waals surface area contributed by atoms with Gasteiger partial charge in [0, 0.05) is 29.4 Å². The van der Waals surface area contributed by atoms with Crippen molar-refractivity contribution in [3.63, 3.8) is 0 Å². The Kier molecular flexibility index (Phi) is 6.30. The van der Waals surface area contributed by atoms with Crippen LogP contribution in [0.1, 0.15) is 35.3 Å². The zero-order valence-electron chi connectivity index (χ0n) is 16.8. The van der Waals surface area contributed by atoms with Crippen LogP contribution in [0, 0.1) is 6.92 Å². The number of carbonyl (C=O) groups is 1. The molecule has 0 aromatic carbocycles. The average Bonchev–Trinajstić information content (AvgIpc) is 3.36. The molecule has 0 saturated heterocycles. The highest BCUT2D eigenvalue weighted by atomic mass is 35.5. The molecule has 1 aliphatic rings. The summed E-state index contributed by atoms with van der Waals surface area (Å²) in [7, 11) is 1.52. The van der Waals surface area contributed by atoms with Crippen molar-refractivity contribution in [1.29, 1.82) is 0 Å². The molecule has 0 spiro atoms. The minimum atomic E-state index is -0.406. The first-order chi connectivity index (χ1) is 14.9. The van der Waals surface area contributed by atoms with Crippen LogP contribution in [0.4, 0.5) is 5.13 Å². The van der Waals surface area contributed by atoms with Gasteiger partial charge in [0.1, 0.15) is 17.0 Å². The maximum Gasteiger partial charge on any atom is 0.296 e. The van der Waals surface area contributed by atoms with Gasteiger partial charge in [-0.1, -0.05) is 16.7 Å². The molecule has 9 nitrogen and oxygen atoms in total. The molecule has 4 rings (SSSR count). The number of halogens is 1. The lowest BCUT2D eigenvalue weighted by Crippen LogP contribution is -2.14. The Labute approximate surface area is 187 Å². The zero-order chi connectivity index (χ0) is 22.0. The SMILES string of the molecule is COc1cnc(Cl)cc1-c1cc(C)ncc1C(=O)Nc1nnc(OC2CCC(O)C2)s1. The molecule has 1 saturated carbocycles. The minimum absolute atomic E-state index is 0.0942. The Hall–Kier alpha value is -2.82. The van der Waals surface area contributed by atoms with Crippen molar-refractivity contribution in [3.05, 3.63) is 40.9 Å². The molecule has 1 fully saturated rings. The second-order valence-corrected chi connectivity index (χ2v) is 8.44. The fraction of sp³-hybridized carbons (Fsp3) is 0.350. The molecule has 31 heavy (non-hydrogen) atoms. The van der Waals surface area contributed by atoms with Gasteiger partial charge in [-0.25, -0.2) is 4.98 Å². The highest BCUT2D eigenvalue weighted by Crippen LogP contribution is 2.34. The third-order valence-electron chi connectivity index (χ3n) is 4.88. The number of ether oxygens (including phenoxy) is 2. The summed E-state index contributed by atoms with van der Waals surface area (Å²) < 4.78 is 11.1. The van der Waals surface area contributed by atoms with Gasteiger partial charge in [0.05, 0.1) is 25.0 Å². The van der Waals surface area contributed by atoms with E-state index in [1.165, 1.54) is 19.5 Å². The lowest BCUT2D eigenvalue weighted by atomic mass is 10.0. The molecular weight excluding hydrogens is 442 g/mol. The second-order valence-electron chi connectivity index (χ2n) is 7.11. The summed E-state index contributed by atoms with van der Waals surface area (Å²) in [6.07, 6.45) is 4.59. The molecule has 0 bridgehead atoms. The summed E-state index contributed by atoms with van der Waals surface area (Å²) in [6, 6.07) is 3.42. The highest BCUT2D eigenvalue weighted by molar-refractivity contribution is 7.17. The largest absolute Gasteiger partial charge is 0.494 e. The predicted octanol–water partition coefficient (Wildman–Crippen LogP) is 3.51. The van der Waals surface area contributed by atoms with Gasteiger partial charge in [0.25, 0.3) is 11.1 Å². The first-order valence-electron chi connectivity index (χ1n) is 9.59. The zero-order valence-corrected chi connectivity index (χ0v) is 18.4. The van der Waals surface area contributed by atoms with Gasteiger partial charge in [-0.3, -0.25) is 15.1 Å². The van der Waals surface area contributed by atoms with E-state index in [2.05, 4.69) is 25.5 Å².